The van der Waals surface area contributed by atoms with E-state index in [1.807, 2.05) is 30.0 Å². The lowest BCUT2D eigenvalue weighted by molar-refractivity contribution is -0.138. The zero-order chi connectivity index (χ0) is 15.4. The van der Waals surface area contributed by atoms with Gasteiger partial charge < -0.3 is 15.4 Å². The number of ether oxygens (including phenoxy) is 1. The van der Waals surface area contributed by atoms with Gasteiger partial charge in [0.05, 0.1) is 0 Å². The Morgan fingerprint density at radius 3 is 2.86 bits per heavy atom. The maximum absolute atomic E-state index is 12.5. The third kappa shape index (κ3) is 3.76. The van der Waals surface area contributed by atoms with E-state index in [9.17, 15) is 4.79 Å². The first kappa shape index (κ1) is 15.8. The van der Waals surface area contributed by atoms with Gasteiger partial charge >= 0.3 is 0 Å². The maximum Gasteiger partial charge on any atom is 0.263 e. The summed E-state index contributed by atoms with van der Waals surface area (Å²) in [6.07, 6.45) is 1.56. The highest BCUT2D eigenvalue weighted by Crippen LogP contribution is 2.23. The Morgan fingerprint density at radius 1 is 1.43 bits per heavy atom. The van der Waals surface area contributed by atoms with Crippen molar-refractivity contribution in [1.29, 1.82) is 0 Å². The van der Waals surface area contributed by atoms with Gasteiger partial charge in [-0.1, -0.05) is 26.0 Å². The smallest absolute Gasteiger partial charge is 0.263 e. The highest BCUT2D eigenvalue weighted by atomic mass is 16.5. The number of amides is 1. The number of rotatable bonds is 5. The first-order valence-electron chi connectivity index (χ1n) is 7.80. The van der Waals surface area contributed by atoms with E-state index >= 15 is 0 Å². The molecule has 1 aliphatic heterocycles. The lowest BCUT2D eigenvalue weighted by Crippen LogP contribution is -2.45. The second-order valence-corrected chi connectivity index (χ2v) is 6.05. The SMILES string of the molecule is CC(Oc1cccc(C(C)C)c1)C(=O)N1CCCC1CN. The van der Waals surface area contributed by atoms with Crippen LogP contribution in [-0.2, 0) is 4.79 Å². The van der Waals surface area contributed by atoms with Gasteiger partial charge in [-0.05, 0) is 43.4 Å². The molecule has 0 aliphatic carbocycles. The minimum atomic E-state index is -0.473. The number of carbonyl (C=O) groups excluding carboxylic acids is 1. The van der Waals surface area contributed by atoms with Crippen LogP contribution in [-0.4, -0.2) is 36.0 Å². The van der Waals surface area contributed by atoms with E-state index in [-0.39, 0.29) is 11.9 Å². The zero-order valence-electron chi connectivity index (χ0n) is 13.2. The quantitative estimate of drug-likeness (QED) is 0.906. The molecule has 2 atom stereocenters. The molecule has 1 aromatic carbocycles. The molecule has 4 heteroatoms. The third-order valence-electron chi connectivity index (χ3n) is 4.12. The standard InChI is InChI=1S/C17H26N2O2/c1-12(2)14-6-4-8-16(10-14)21-13(3)17(20)19-9-5-7-15(19)11-18/h4,6,8,10,12-13,15H,5,7,9,11,18H2,1-3H3. The average Bonchev–Trinajstić information content (AvgIpc) is 2.95. The summed E-state index contributed by atoms with van der Waals surface area (Å²) in [4.78, 5) is 14.4. The molecule has 2 unspecified atom stereocenters. The van der Waals surface area contributed by atoms with E-state index in [2.05, 4.69) is 19.9 Å². The topological polar surface area (TPSA) is 55.6 Å². The van der Waals surface area contributed by atoms with Crippen LogP contribution in [0.25, 0.3) is 0 Å². The molecule has 1 aliphatic rings. The van der Waals surface area contributed by atoms with Gasteiger partial charge in [-0.2, -0.15) is 0 Å². The molecular weight excluding hydrogens is 264 g/mol. The number of hydrogen-bond donors (Lipinski definition) is 1. The van der Waals surface area contributed by atoms with Crippen molar-refractivity contribution < 1.29 is 9.53 Å². The highest BCUT2D eigenvalue weighted by molar-refractivity contribution is 5.81. The fraction of sp³-hybridized carbons (Fsp3) is 0.588. The van der Waals surface area contributed by atoms with Crippen LogP contribution in [0.4, 0.5) is 0 Å². The minimum Gasteiger partial charge on any atom is -0.481 e. The molecular formula is C17H26N2O2. The van der Waals surface area contributed by atoms with Crippen molar-refractivity contribution >= 4 is 5.91 Å². The molecule has 0 bridgehead atoms. The van der Waals surface area contributed by atoms with Crippen LogP contribution in [0.15, 0.2) is 24.3 Å². The molecule has 1 fully saturated rings. The van der Waals surface area contributed by atoms with E-state index in [4.69, 9.17) is 10.5 Å². The Kier molecular flexibility index (Phi) is 5.23. The molecule has 2 rings (SSSR count). The molecule has 0 saturated carbocycles. The molecule has 2 N–H and O–H groups in total. The van der Waals surface area contributed by atoms with Crippen LogP contribution in [0.2, 0.25) is 0 Å². The summed E-state index contributed by atoms with van der Waals surface area (Å²) in [6.45, 7) is 7.42. The Balaban J connectivity index is 2.02. The predicted octanol–water partition coefficient (Wildman–Crippen LogP) is 2.53. The third-order valence-corrected chi connectivity index (χ3v) is 4.12. The predicted molar refractivity (Wildman–Crippen MR) is 84.4 cm³/mol. The molecule has 1 saturated heterocycles. The van der Waals surface area contributed by atoms with Gasteiger partial charge in [0.1, 0.15) is 5.75 Å². The number of likely N-dealkylation sites (tertiary alicyclic amines) is 1. The van der Waals surface area contributed by atoms with Gasteiger partial charge in [0.2, 0.25) is 0 Å². The molecule has 0 spiro atoms. The van der Waals surface area contributed by atoms with Crippen molar-refractivity contribution in [3.63, 3.8) is 0 Å². The summed E-state index contributed by atoms with van der Waals surface area (Å²) in [5, 5.41) is 0. The van der Waals surface area contributed by atoms with Gasteiger partial charge in [0, 0.05) is 19.1 Å². The molecule has 0 radical (unpaired) electrons. The highest BCUT2D eigenvalue weighted by Gasteiger charge is 2.31. The summed E-state index contributed by atoms with van der Waals surface area (Å²) in [5.74, 6) is 1.24. The number of carbonyl (C=O) groups is 1. The molecule has 116 valence electrons. The Morgan fingerprint density at radius 2 is 2.19 bits per heavy atom. The maximum atomic E-state index is 12.5. The lowest BCUT2D eigenvalue weighted by atomic mass is 10.0. The normalized spacial score (nSPS) is 19.9. The van der Waals surface area contributed by atoms with E-state index < -0.39 is 6.10 Å². The van der Waals surface area contributed by atoms with Crippen LogP contribution in [0.3, 0.4) is 0 Å². The van der Waals surface area contributed by atoms with E-state index in [0.29, 0.717) is 12.5 Å². The van der Waals surface area contributed by atoms with E-state index in [1.54, 1.807) is 0 Å². The summed E-state index contributed by atoms with van der Waals surface area (Å²) in [6, 6.07) is 8.14. The van der Waals surface area contributed by atoms with Crippen LogP contribution >= 0.6 is 0 Å². The van der Waals surface area contributed by atoms with E-state index in [0.717, 1.165) is 25.1 Å². The van der Waals surface area contributed by atoms with Crippen molar-refractivity contribution in [2.45, 2.75) is 51.7 Å². The van der Waals surface area contributed by atoms with Gasteiger partial charge in [-0.25, -0.2) is 0 Å². The van der Waals surface area contributed by atoms with Crippen molar-refractivity contribution in [3.8, 4) is 5.75 Å². The van der Waals surface area contributed by atoms with Gasteiger partial charge in [0.15, 0.2) is 6.10 Å². The lowest BCUT2D eigenvalue weighted by Gasteiger charge is -2.27. The average molecular weight is 290 g/mol. The minimum absolute atomic E-state index is 0.0397. The van der Waals surface area contributed by atoms with E-state index in [1.165, 1.54) is 5.56 Å². The van der Waals surface area contributed by atoms with Crippen molar-refractivity contribution in [2.24, 2.45) is 5.73 Å². The molecule has 21 heavy (non-hydrogen) atoms. The Hall–Kier alpha value is -1.55. The largest absolute Gasteiger partial charge is 0.481 e. The second-order valence-electron chi connectivity index (χ2n) is 6.05. The summed E-state index contributed by atoms with van der Waals surface area (Å²) in [7, 11) is 0. The first-order chi connectivity index (χ1) is 10.0. The van der Waals surface area contributed by atoms with Crippen LogP contribution < -0.4 is 10.5 Å². The fourth-order valence-corrected chi connectivity index (χ4v) is 2.81. The van der Waals surface area contributed by atoms with Gasteiger partial charge in [-0.15, -0.1) is 0 Å². The summed E-state index contributed by atoms with van der Waals surface area (Å²) in [5.41, 5.74) is 6.95. The fourth-order valence-electron chi connectivity index (χ4n) is 2.81. The van der Waals surface area contributed by atoms with Crippen LogP contribution in [0, 0.1) is 0 Å². The van der Waals surface area contributed by atoms with Crippen molar-refractivity contribution in [1.82, 2.24) is 4.90 Å². The Labute approximate surface area is 127 Å². The van der Waals surface area contributed by atoms with Crippen molar-refractivity contribution in [2.75, 3.05) is 13.1 Å². The Bertz CT molecular complexity index is 487. The molecule has 4 nitrogen and oxygen atoms in total. The number of benzene rings is 1. The first-order valence-corrected chi connectivity index (χ1v) is 7.80. The monoisotopic (exact) mass is 290 g/mol. The summed E-state index contributed by atoms with van der Waals surface area (Å²) >= 11 is 0. The van der Waals surface area contributed by atoms with Crippen molar-refractivity contribution in [3.05, 3.63) is 29.8 Å². The molecule has 1 amide bonds. The summed E-state index contributed by atoms with van der Waals surface area (Å²) < 4.78 is 5.84. The van der Waals surface area contributed by atoms with Crippen LogP contribution in [0.5, 0.6) is 5.75 Å². The van der Waals surface area contributed by atoms with Gasteiger partial charge in [-0.3, -0.25) is 4.79 Å². The molecule has 1 heterocycles. The molecule has 1 aromatic rings. The van der Waals surface area contributed by atoms with Crippen LogP contribution in [0.1, 0.15) is 45.1 Å². The van der Waals surface area contributed by atoms with Gasteiger partial charge in [0.25, 0.3) is 5.91 Å². The second kappa shape index (κ2) is 6.94. The number of hydrogen-bond acceptors (Lipinski definition) is 3. The zero-order valence-corrected chi connectivity index (χ0v) is 13.2. The molecule has 0 aromatic heterocycles. The number of nitrogens with two attached hydrogens (primary N) is 1. The number of nitrogens with zero attached hydrogens (tertiary/aromatic N) is 1.